The molecule has 0 spiro atoms. The number of ether oxygens (including phenoxy) is 1. The fourth-order valence-corrected chi connectivity index (χ4v) is 2.42. The van der Waals surface area contributed by atoms with Gasteiger partial charge in [0.1, 0.15) is 5.82 Å². The van der Waals surface area contributed by atoms with Gasteiger partial charge in [0.2, 0.25) is 5.95 Å². The summed E-state index contributed by atoms with van der Waals surface area (Å²) in [5, 5.41) is 0.0491. The minimum Gasteiger partial charge on any atom is -0.380 e. The summed E-state index contributed by atoms with van der Waals surface area (Å²) >= 11 is 5.79. The van der Waals surface area contributed by atoms with E-state index in [1.165, 1.54) is 12.1 Å². The van der Waals surface area contributed by atoms with Crippen molar-refractivity contribution in [3.63, 3.8) is 0 Å². The van der Waals surface area contributed by atoms with E-state index in [4.69, 9.17) is 22.1 Å². The van der Waals surface area contributed by atoms with Crippen molar-refractivity contribution < 1.29 is 9.13 Å². The number of imidazole rings is 1. The summed E-state index contributed by atoms with van der Waals surface area (Å²) in [6, 6.07) is 2.87. The van der Waals surface area contributed by atoms with Crippen LogP contribution in [-0.2, 0) is 4.74 Å². The number of rotatable bonds is 5. The van der Waals surface area contributed by atoms with Crippen LogP contribution in [0.15, 0.2) is 12.1 Å². The van der Waals surface area contributed by atoms with Gasteiger partial charge in [-0.2, -0.15) is 0 Å². The van der Waals surface area contributed by atoms with Crippen molar-refractivity contribution in [2.24, 2.45) is 5.92 Å². The Morgan fingerprint density at radius 1 is 1.45 bits per heavy atom. The number of nitrogens with zero attached hydrogens (tertiary/aromatic N) is 2. The summed E-state index contributed by atoms with van der Waals surface area (Å²) in [4.78, 5) is 4.26. The van der Waals surface area contributed by atoms with Crippen LogP contribution < -0.4 is 5.73 Å². The van der Waals surface area contributed by atoms with Crippen molar-refractivity contribution in [1.82, 2.24) is 9.55 Å². The minimum absolute atomic E-state index is 0.000487. The van der Waals surface area contributed by atoms with Gasteiger partial charge in [-0.25, -0.2) is 9.37 Å². The first-order valence-electron chi connectivity index (χ1n) is 6.65. The van der Waals surface area contributed by atoms with Crippen molar-refractivity contribution >= 4 is 28.6 Å². The van der Waals surface area contributed by atoms with Crippen molar-refractivity contribution in [2.75, 3.05) is 18.9 Å². The molecule has 0 fully saturated rings. The van der Waals surface area contributed by atoms with Crippen LogP contribution in [0.4, 0.5) is 10.3 Å². The average molecular weight is 300 g/mol. The van der Waals surface area contributed by atoms with Gasteiger partial charge in [0, 0.05) is 12.7 Å². The zero-order valence-corrected chi connectivity index (χ0v) is 12.6. The molecule has 2 aromatic rings. The fraction of sp³-hybridized carbons (Fsp3) is 0.500. The molecule has 0 aliphatic rings. The number of anilines is 1. The molecule has 0 aliphatic heterocycles. The third-order valence-corrected chi connectivity index (χ3v) is 3.64. The van der Waals surface area contributed by atoms with Crippen LogP contribution in [0.1, 0.15) is 26.8 Å². The van der Waals surface area contributed by atoms with Gasteiger partial charge in [0.15, 0.2) is 0 Å². The third kappa shape index (κ3) is 2.74. The van der Waals surface area contributed by atoms with E-state index in [1.54, 1.807) is 0 Å². The van der Waals surface area contributed by atoms with Crippen molar-refractivity contribution in [3.8, 4) is 0 Å². The van der Waals surface area contributed by atoms with Gasteiger partial charge in [-0.3, -0.25) is 0 Å². The lowest BCUT2D eigenvalue weighted by Crippen LogP contribution is -2.22. The lowest BCUT2D eigenvalue weighted by atomic mass is 10.0. The summed E-state index contributed by atoms with van der Waals surface area (Å²) < 4.78 is 21.1. The molecule has 2 rings (SSSR count). The van der Waals surface area contributed by atoms with Crippen LogP contribution in [-0.4, -0.2) is 22.8 Å². The van der Waals surface area contributed by atoms with Crippen molar-refractivity contribution in [1.29, 1.82) is 0 Å². The van der Waals surface area contributed by atoms with Crippen molar-refractivity contribution in [3.05, 3.63) is 23.0 Å². The highest BCUT2D eigenvalue weighted by Gasteiger charge is 2.22. The molecule has 0 bridgehead atoms. The fourth-order valence-electron chi connectivity index (χ4n) is 2.26. The van der Waals surface area contributed by atoms with Crippen LogP contribution in [0.25, 0.3) is 11.0 Å². The Balaban J connectivity index is 2.56. The maximum atomic E-state index is 13.7. The van der Waals surface area contributed by atoms with Gasteiger partial charge in [-0.15, -0.1) is 0 Å². The number of hydrogen-bond acceptors (Lipinski definition) is 3. The smallest absolute Gasteiger partial charge is 0.201 e. The van der Waals surface area contributed by atoms with E-state index < -0.39 is 5.82 Å². The van der Waals surface area contributed by atoms with Gasteiger partial charge in [0.25, 0.3) is 0 Å². The normalized spacial score (nSPS) is 13.3. The molecule has 0 aliphatic carbocycles. The first-order valence-corrected chi connectivity index (χ1v) is 7.03. The molecular weight excluding hydrogens is 281 g/mol. The molecule has 20 heavy (non-hydrogen) atoms. The van der Waals surface area contributed by atoms with Gasteiger partial charge in [0.05, 0.1) is 28.7 Å². The minimum atomic E-state index is -0.473. The van der Waals surface area contributed by atoms with Crippen LogP contribution in [0.2, 0.25) is 5.02 Å². The van der Waals surface area contributed by atoms with Gasteiger partial charge in [-0.1, -0.05) is 25.4 Å². The molecule has 1 heterocycles. The molecule has 0 saturated heterocycles. The first-order chi connectivity index (χ1) is 9.45. The van der Waals surface area contributed by atoms with Crippen LogP contribution in [0, 0.1) is 11.7 Å². The van der Waals surface area contributed by atoms with E-state index in [-0.39, 0.29) is 17.0 Å². The molecule has 1 unspecified atom stereocenters. The molecular formula is C14H19ClFN3O. The Kier molecular flexibility index (Phi) is 4.50. The number of hydrogen-bond donors (Lipinski definition) is 1. The van der Waals surface area contributed by atoms with E-state index in [1.807, 2.05) is 11.5 Å². The molecule has 1 atom stereocenters. The number of halogens is 2. The Bertz CT molecular complexity index is 612. The van der Waals surface area contributed by atoms with Crippen LogP contribution in [0.5, 0.6) is 0 Å². The lowest BCUT2D eigenvalue weighted by molar-refractivity contribution is 0.0987. The third-order valence-electron chi connectivity index (χ3n) is 3.35. The van der Waals surface area contributed by atoms with E-state index >= 15 is 0 Å². The average Bonchev–Trinajstić information content (AvgIpc) is 2.67. The highest BCUT2D eigenvalue weighted by Crippen LogP contribution is 2.30. The van der Waals surface area contributed by atoms with Crippen LogP contribution in [0.3, 0.4) is 0 Å². The largest absolute Gasteiger partial charge is 0.380 e. The number of nitrogens with two attached hydrogens (primary N) is 1. The maximum Gasteiger partial charge on any atom is 0.201 e. The molecule has 4 nitrogen and oxygen atoms in total. The summed E-state index contributed by atoms with van der Waals surface area (Å²) in [6.07, 6.45) is 0. The summed E-state index contributed by atoms with van der Waals surface area (Å²) in [7, 11) is 0. The maximum absolute atomic E-state index is 13.7. The highest BCUT2D eigenvalue weighted by atomic mass is 35.5. The van der Waals surface area contributed by atoms with E-state index in [0.29, 0.717) is 30.2 Å². The predicted octanol–water partition coefficient (Wildman–Crippen LogP) is 3.64. The SMILES string of the molecule is CCOCC(C(C)C)n1c(N)nc2cc(Cl)c(F)cc21. The monoisotopic (exact) mass is 299 g/mol. The van der Waals surface area contributed by atoms with Crippen LogP contribution >= 0.6 is 11.6 Å². The molecule has 2 N–H and O–H groups in total. The summed E-state index contributed by atoms with van der Waals surface area (Å²) in [5.74, 6) is 0.152. The van der Waals surface area contributed by atoms with Gasteiger partial charge < -0.3 is 15.0 Å². The molecule has 0 amide bonds. The molecule has 110 valence electrons. The number of aromatic nitrogens is 2. The Morgan fingerprint density at radius 2 is 2.15 bits per heavy atom. The molecule has 1 aromatic carbocycles. The zero-order valence-electron chi connectivity index (χ0n) is 11.9. The van der Waals surface area contributed by atoms with Gasteiger partial charge >= 0.3 is 0 Å². The summed E-state index contributed by atoms with van der Waals surface area (Å²) in [5.41, 5.74) is 7.23. The van der Waals surface area contributed by atoms with E-state index in [0.717, 1.165) is 0 Å². The predicted molar refractivity (Wildman–Crippen MR) is 79.5 cm³/mol. The van der Waals surface area contributed by atoms with Crippen molar-refractivity contribution in [2.45, 2.75) is 26.8 Å². The quantitative estimate of drug-likeness (QED) is 0.917. The van der Waals surface area contributed by atoms with E-state index in [2.05, 4.69) is 18.8 Å². The highest BCUT2D eigenvalue weighted by molar-refractivity contribution is 6.31. The Morgan fingerprint density at radius 3 is 2.75 bits per heavy atom. The number of benzene rings is 1. The Labute approximate surface area is 122 Å². The van der Waals surface area contributed by atoms with Gasteiger partial charge in [-0.05, 0) is 18.9 Å². The molecule has 6 heteroatoms. The second-order valence-corrected chi connectivity index (χ2v) is 5.47. The molecule has 0 radical (unpaired) electrons. The van der Waals surface area contributed by atoms with E-state index in [9.17, 15) is 4.39 Å². The lowest BCUT2D eigenvalue weighted by Gasteiger charge is -2.24. The number of fused-ring (bicyclic) bond motifs is 1. The first kappa shape index (κ1) is 15.1. The summed E-state index contributed by atoms with van der Waals surface area (Å²) in [6.45, 7) is 7.21. The second kappa shape index (κ2) is 5.97. The molecule has 1 aromatic heterocycles. The Hall–Kier alpha value is -1.33. The topological polar surface area (TPSA) is 53.1 Å². The zero-order chi connectivity index (χ0) is 14.9. The molecule has 0 saturated carbocycles. The standard InChI is InChI=1S/C14H19ClFN3O/c1-4-20-7-13(8(2)3)19-12-6-10(16)9(15)5-11(12)18-14(19)17/h5-6,8,13H,4,7H2,1-3H3,(H2,17,18). The number of nitrogen functional groups attached to an aromatic ring is 1. The second-order valence-electron chi connectivity index (χ2n) is 5.07.